The van der Waals surface area contributed by atoms with Crippen molar-refractivity contribution in [1.29, 1.82) is 0 Å². The molecule has 3 rings (SSSR count). The van der Waals surface area contributed by atoms with E-state index in [1.165, 1.54) is 0 Å². The molecular formula is C20H20ClN3O2. The van der Waals surface area contributed by atoms with Crippen molar-refractivity contribution in [3.05, 3.63) is 76.1 Å². The van der Waals surface area contributed by atoms with Gasteiger partial charge in [-0.25, -0.2) is 9.48 Å². The molecule has 3 aromatic rings. The molecule has 0 atom stereocenters. The number of esters is 1. The standard InChI is InChI=1S/C20H20ClN3O2/c1-3-26-20(25)19-13(2)23-24(16-10-8-15(21)9-11-16)18(19)12-14-6-4-5-7-17(14)22/h4-11H,3,12,22H2,1-2H3. The van der Waals surface area contributed by atoms with Crippen molar-refractivity contribution in [3.8, 4) is 5.69 Å². The van der Waals surface area contributed by atoms with Gasteiger partial charge in [0.15, 0.2) is 0 Å². The van der Waals surface area contributed by atoms with Gasteiger partial charge in [0.2, 0.25) is 0 Å². The van der Waals surface area contributed by atoms with Gasteiger partial charge < -0.3 is 10.5 Å². The van der Waals surface area contributed by atoms with Crippen LogP contribution in [0.1, 0.15) is 34.2 Å². The summed E-state index contributed by atoms with van der Waals surface area (Å²) in [5.41, 5.74) is 10.3. The summed E-state index contributed by atoms with van der Waals surface area (Å²) < 4.78 is 7.00. The third-order valence-corrected chi connectivity index (χ3v) is 4.37. The van der Waals surface area contributed by atoms with Gasteiger partial charge in [-0.3, -0.25) is 0 Å². The fraction of sp³-hybridized carbons (Fsp3) is 0.200. The van der Waals surface area contributed by atoms with Crippen LogP contribution in [0.4, 0.5) is 5.69 Å². The van der Waals surface area contributed by atoms with E-state index in [2.05, 4.69) is 5.10 Å². The number of rotatable bonds is 5. The SMILES string of the molecule is CCOC(=O)c1c(C)nn(-c2ccc(Cl)cc2)c1Cc1ccccc1N. The van der Waals surface area contributed by atoms with Crippen LogP contribution in [0.3, 0.4) is 0 Å². The van der Waals surface area contributed by atoms with Crippen molar-refractivity contribution < 1.29 is 9.53 Å². The Morgan fingerprint density at radius 1 is 1.19 bits per heavy atom. The lowest BCUT2D eigenvalue weighted by Gasteiger charge is -2.11. The molecule has 0 saturated heterocycles. The van der Waals surface area contributed by atoms with Gasteiger partial charge in [0.1, 0.15) is 5.56 Å². The van der Waals surface area contributed by atoms with Crippen molar-refractivity contribution >= 4 is 23.3 Å². The lowest BCUT2D eigenvalue weighted by atomic mass is 10.0. The van der Waals surface area contributed by atoms with Gasteiger partial charge in [-0.15, -0.1) is 0 Å². The van der Waals surface area contributed by atoms with Crippen LogP contribution < -0.4 is 5.73 Å². The second-order valence-electron chi connectivity index (χ2n) is 5.89. The van der Waals surface area contributed by atoms with E-state index < -0.39 is 0 Å². The van der Waals surface area contributed by atoms with Gasteiger partial charge in [0.25, 0.3) is 0 Å². The van der Waals surface area contributed by atoms with Gasteiger partial charge in [0, 0.05) is 17.1 Å². The van der Waals surface area contributed by atoms with Crippen LogP contribution in [0, 0.1) is 6.92 Å². The van der Waals surface area contributed by atoms with Gasteiger partial charge in [0.05, 0.1) is 23.7 Å². The van der Waals surface area contributed by atoms with Crippen molar-refractivity contribution in [2.24, 2.45) is 0 Å². The number of ether oxygens (including phenoxy) is 1. The van der Waals surface area contributed by atoms with E-state index in [4.69, 9.17) is 22.1 Å². The molecule has 0 aliphatic rings. The zero-order valence-corrected chi connectivity index (χ0v) is 15.5. The highest BCUT2D eigenvalue weighted by atomic mass is 35.5. The molecule has 2 N–H and O–H groups in total. The summed E-state index contributed by atoms with van der Waals surface area (Å²) in [7, 11) is 0. The lowest BCUT2D eigenvalue weighted by molar-refractivity contribution is 0.0524. The van der Waals surface area contributed by atoms with Crippen LogP contribution >= 0.6 is 11.6 Å². The number of para-hydroxylation sites is 1. The Bertz CT molecular complexity index is 933. The van der Waals surface area contributed by atoms with E-state index >= 15 is 0 Å². The molecule has 0 unspecified atom stereocenters. The number of halogens is 1. The number of anilines is 1. The maximum atomic E-state index is 12.5. The highest BCUT2D eigenvalue weighted by molar-refractivity contribution is 6.30. The predicted octanol–water partition coefficient (Wildman–Crippen LogP) is 4.18. The van der Waals surface area contributed by atoms with Crippen LogP contribution in [-0.4, -0.2) is 22.4 Å². The average Bonchev–Trinajstić information content (AvgIpc) is 2.94. The molecule has 2 aromatic carbocycles. The van der Waals surface area contributed by atoms with Crippen LogP contribution in [-0.2, 0) is 11.2 Å². The second kappa shape index (κ2) is 7.62. The van der Waals surface area contributed by atoms with Crippen LogP contribution in [0.15, 0.2) is 48.5 Å². The number of benzene rings is 2. The van der Waals surface area contributed by atoms with Crippen molar-refractivity contribution in [2.75, 3.05) is 12.3 Å². The number of nitrogens with zero attached hydrogens (tertiary/aromatic N) is 2. The number of aryl methyl sites for hydroxylation is 1. The molecule has 26 heavy (non-hydrogen) atoms. The van der Waals surface area contributed by atoms with Crippen LogP contribution in [0.5, 0.6) is 0 Å². The van der Waals surface area contributed by atoms with Crippen LogP contribution in [0.2, 0.25) is 5.02 Å². The third kappa shape index (κ3) is 3.58. The molecule has 0 saturated carbocycles. The first-order valence-electron chi connectivity index (χ1n) is 8.36. The first-order chi connectivity index (χ1) is 12.5. The summed E-state index contributed by atoms with van der Waals surface area (Å²) >= 11 is 6.00. The van der Waals surface area contributed by atoms with Gasteiger partial charge in [-0.05, 0) is 49.7 Å². The summed E-state index contributed by atoms with van der Waals surface area (Å²) in [6.45, 7) is 3.89. The second-order valence-corrected chi connectivity index (χ2v) is 6.33. The number of nitrogens with two attached hydrogens (primary N) is 1. The average molecular weight is 370 g/mol. The molecule has 1 aromatic heterocycles. The number of carbonyl (C=O) groups excluding carboxylic acids is 1. The Hall–Kier alpha value is -2.79. The number of hydrogen-bond acceptors (Lipinski definition) is 4. The van der Waals surface area contributed by atoms with E-state index in [9.17, 15) is 4.79 Å². The minimum atomic E-state index is -0.380. The molecule has 0 aliphatic heterocycles. The Kier molecular flexibility index (Phi) is 5.28. The van der Waals surface area contributed by atoms with Gasteiger partial charge in [-0.2, -0.15) is 5.10 Å². The Morgan fingerprint density at radius 3 is 2.54 bits per heavy atom. The molecule has 134 valence electrons. The van der Waals surface area contributed by atoms with E-state index in [1.54, 1.807) is 30.7 Å². The van der Waals surface area contributed by atoms with E-state index in [1.807, 2.05) is 36.4 Å². The minimum absolute atomic E-state index is 0.303. The third-order valence-electron chi connectivity index (χ3n) is 4.12. The fourth-order valence-corrected chi connectivity index (χ4v) is 3.00. The first-order valence-corrected chi connectivity index (χ1v) is 8.74. The summed E-state index contributed by atoms with van der Waals surface area (Å²) in [5.74, 6) is -0.380. The Morgan fingerprint density at radius 2 is 1.88 bits per heavy atom. The normalized spacial score (nSPS) is 10.7. The highest BCUT2D eigenvalue weighted by Gasteiger charge is 2.24. The molecule has 0 bridgehead atoms. The zero-order chi connectivity index (χ0) is 18.7. The number of hydrogen-bond donors (Lipinski definition) is 1. The minimum Gasteiger partial charge on any atom is -0.462 e. The van der Waals surface area contributed by atoms with E-state index in [-0.39, 0.29) is 5.97 Å². The monoisotopic (exact) mass is 369 g/mol. The smallest absolute Gasteiger partial charge is 0.341 e. The van der Waals surface area contributed by atoms with Gasteiger partial charge >= 0.3 is 5.97 Å². The molecule has 6 heteroatoms. The maximum absolute atomic E-state index is 12.5. The van der Waals surface area contributed by atoms with E-state index in [0.29, 0.717) is 35.0 Å². The van der Waals surface area contributed by atoms with Crippen molar-refractivity contribution in [1.82, 2.24) is 9.78 Å². The largest absolute Gasteiger partial charge is 0.462 e. The van der Waals surface area contributed by atoms with Crippen molar-refractivity contribution in [2.45, 2.75) is 20.3 Å². The molecule has 0 aliphatic carbocycles. The molecule has 0 spiro atoms. The summed E-state index contributed by atoms with van der Waals surface area (Å²) in [6, 6.07) is 14.9. The molecule has 0 radical (unpaired) electrons. The summed E-state index contributed by atoms with van der Waals surface area (Å²) in [5, 5.41) is 5.21. The van der Waals surface area contributed by atoms with Crippen LogP contribution in [0.25, 0.3) is 5.69 Å². The quantitative estimate of drug-likeness (QED) is 0.541. The van der Waals surface area contributed by atoms with E-state index in [0.717, 1.165) is 16.9 Å². The predicted molar refractivity (Wildman–Crippen MR) is 103 cm³/mol. The Balaban J connectivity index is 2.15. The first kappa shape index (κ1) is 18.0. The number of nitrogen functional groups attached to an aromatic ring is 1. The molecule has 1 heterocycles. The molecular weight excluding hydrogens is 350 g/mol. The Labute approximate surface area is 157 Å². The van der Waals surface area contributed by atoms with Crippen molar-refractivity contribution in [3.63, 3.8) is 0 Å². The summed E-state index contributed by atoms with van der Waals surface area (Å²) in [4.78, 5) is 12.5. The van der Waals surface area contributed by atoms with Gasteiger partial charge in [-0.1, -0.05) is 29.8 Å². The molecule has 0 fully saturated rings. The zero-order valence-electron chi connectivity index (χ0n) is 14.7. The number of carbonyl (C=O) groups is 1. The summed E-state index contributed by atoms with van der Waals surface area (Å²) in [6.07, 6.45) is 0.463. The topological polar surface area (TPSA) is 70.1 Å². The number of aromatic nitrogens is 2. The lowest BCUT2D eigenvalue weighted by Crippen LogP contribution is -2.11. The fourth-order valence-electron chi connectivity index (χ4n) is 2.88. The maximum Gasteiger partial charge on any atom is 0.341 e. The highest BCUT2D eigenvalue weighted by Crippen LogP contribution is 2.25. The molecule has 0 amide bonds. The molecule has 5 nitrogen and oxygen atoms in total.